The Hall–Kier alpha value is -1.69. The maximum Gasteiger partial charge on any atom is 0.274 e. The molecular formula is C14H22FN3O2. The average Bonchev–Trinajstić information content (AvgIpc) is 2.32. The average molecular weight is 283 g/mol. The molecule has 112 valence electrons. The van der Waals surface area contributed by atoms with Crippen LogP contribution in [0.2, 0.25) is 0 Å². The molecule has 0 amide bonds. The van der Waals surface area contributed by atoms with Crippen molar-refractivity contribution in [2.45, 2.75) is 39.8 Å². The van der Waals surface area contributed by atoms with Gasteiger partial charge in [-0.25, -0.2) is 4.39 Å². The van der Waals surface area contributed by atoms with Crippen LogP contribution in [0, 0.1) is 15.9 Å². The number of nitrogens with one attached hydrogen (secondary N) is 1. The minimum Gasteiger partial charge on any atom is -0.383 e. The number of benzene rings is 1. The Labute approximate surface area is 118 Å². The first kappa shape index (κ1) is 16.4. The normalized spacial score (nSPS) is 11.4. The van der Waals surface area contributed by atoms with E-state index in [4.69, 9.17) is 0 Å². The highest BCUT2D eigenvalue weighted by Crippen LogP contribution is 2.19. The van der Waals surface area contributed by atoms with Gasteiger partial charge in [0.25, 0.3) is 5.69 Å². The van der Waals surface area contributed by atoms with E-state index in [-0.39, 0.29) is 5.69 Å². The van der Waals surface area contributed by atoms with Gasteiger partial charge in [0.1, 0.15) is 5.82 Å². The fourth-order valence-electron chi connectivity index (χ4n) is 2.22. The van der Waals surface area contributed by atoms with E-state index in [1.54, 1.807) is 0 Å². The summed E-state index contributed by atoms with van der Waals surface area (Å²) < 4.78 is 13.3. The molecule has 0 atom stereocenters. The number of nitrogens with zero attached hydrogens (tertiary/aromatic N) is 2. The van der Waals surface area contributed by atoms with Crippen LogP contribution in [0.3, 0.4) is 0 Å². The lowest BCUT2D eigenvalue weighted by atomic mass is 10.2. The molecule has 6 heteroatoms. The summed E-state index contributed by atoms with van der Waals surface area (Å²) in [5, 5.41) is 13.7. The summed E-state index contributed by atoms with van der Waals surface area (Å²) in [6, 6.07) is 4.36. The summed E-state index contributed by atoms with van der Waals surface area (Å²) in [6.07, 6.45) is 0. The molecule has 0 saturated carbocycles. The molecule has 0 saturated heterocycles. The number of halogens is 1. The molecule has 1 aromatic rings. The summed E-state index contributed by atoms with van der Waals surface area (Å²) in [6.45, 7) is 9.87. The van der Waals surface area contributed by atoms with E-state index in [2.05, 4.69) is 37.9 Å². The summed E-state index contributed by atoms with van der Waals surface area (Å²) in [7, 11) is 0. The Morgan fingerprint density at radius 2 is 1.85 bits per heavy atom. The second-order valence-electron chi connectivity index (χ2n) is 5.31. The third kappa shape index (κ3) is 4.77. The highest BCUT2D eigenvalue weighted by molar-refractivity contribution is 5.51. The minimum absolute atomic E-state index is 0.239. The van der Waals surface area contributed by atoms with Crippen LogP contribution in [-0.4, -0.2) is 35.0 Å². The summed E-state index contributed by atoms with van der Waals surface area (Å²) in [5.41, 5.74) is 0.196. The van der Waals surface area contributed by atoms with Gasteiger partial charge in [-0.3, -0.25) is 15.0 Å². The third-order valence-corrected chi connectivity index (χ3v) is 3.12. The van der Waals surface area contributed by atoms with Gasteiger partial charge in [0.2, 0.25) is 0 Å². The molecule has 0 radical (unpaired) electrons. The number of hydrogen-bond acceptors (Lipinski definition) is 4. The first-order valence-electron chi connectivity index (χ1n) is 6.76. The molecule has 20 heavy (non-hydrogen) atoms. The lowest BCUT2D eigenvalue weighted by Gasteiger charge is -2.30. The van der Waals surface area contributed by atoms with E-state index in [0.29, 0.717) is 24.3 Å². The Morgan fingerprint density at radius 1 is 1.25 bits per heavy atom. The predicted octanol–water partition coefficient (Wildman–Crippen LogP) is 3.26. The van der Waals surface area contributed by atoms with Gasteiger partial charge < -0.3 is 5.32 Å². The van der Waals surface area contributed by atoms with E-state index < -0.39 is 10.7 Å². The second kappa shape index (κ2) is 7.19. The largest absolute Gasteiger partial charge is 0.383 e. The van der Waals surface area contributed by atoms with E-state index >= 15 is 0 Å². The quantitative estimate of drug-likeness (QED) is 0.616. The number of nitro benzene ring substituents is 1. The van der Waals surface area contributed by atoms with Crippen LogP contribution in [-0.2, 0) is 0 Å². The topological polar surface area (TPSA) is 58.4 Å². The van der Waals surface area contributed by atoms with Crippen LogP contribution in [0.4, 0.5) is 15.8 Å². The Bertz CT molecular complexity index is 456. The van der Waals surface area contributed by atoms with E-state index in [0.717, 1.165) is 12.6 Å². The van der Waals surface area contributed by atoms with Crippen molar-refractivity contribution in [2.24, 2.45) is 0 Å². The number of hydrogen-bond donors (Lipinski definition) is 1. The van der Waals surface area contributed by atoms with Crippen molar-refractivity contribution in [3.8, 4) is 0 Å². The van der Waals surface area contributed by atoms with Crippen LogP contribution in [0.1, 0.15) is 27.7 Å². The van der Waals surface area contributed by atoms with Crippen molar-refractivity contribution in [3.05, 3.63) is 34.1 Å². The van der Waals surface area contributed by atoms with Gasteiger partial charge in [0, 0.05) is 36.9 Å². The van der Waals surface area contributed by atoms with Gasteiger partial charge in [-0.05, 0) is 33.8 Å². The predicted molar refractivity (Wildman–Crippen MR) is 78.5 cm³/mol. The number of non-ortho nitro benzene ring substituents is 1. The Morgan fingerprint density at radius 3 is 2.35 bits per heavy atom. The molecule has 0 aliphatic rings. The maximum atomic E-state index is 13.3. The molecule has 1 aromatic carbocycles. The van der Waals surface area contributed by atoms with Crippen LogP contribution < -0.4 is 5.32 Å². The lowest BCUT2D eigenvalue weighted by Crippen LogP contribution is -2.40. The number of nitro groups is 1. The molecule has 0 aliphatic carbocycles. The van der Waals surface area contributed by atoms with Crippen molar-refractivity contribution in [1.82, 2.24) is 4.90 Å². The second-order valence-corrected chi connectivity index (χ2v) is 5.31. The molecule has 5 nitrogen and oxygen atoms in total. The number of anilines is 1. The van der Waals surface area contributed by atoms with Gasteiger partial charge in [-0.15, -0.1) is 0 Å². The minimum atomic E-state index is -0.605. The van der Waals surface area contributed by atoms with Crippen LogP contribution >= 0.6 is 0 Å². The molecule has 0 heterocycles. The van der Waals surface area contributed by atoms with Gasteiger partial charge in [-0.2, -0.15) is 0 Å². The highest BCUT2D eigenvalue weighted by Gasteiger charge is 2.13. The van der Waals surface area contributed by atoms with Crippen molar-refractivity contribution in [1.29, 1.82) is 0 Å². The van der Waals surface area contributed by atoms with Gasteiger partial charge in [-0.1, -0.05) is 0 Å². The van der Waals surface area contributed by atoms with Crippen molar-refractivity contribution in [2.75, 3.05) is 18.4 Å². The SMILES string of the molecule is CC(C)N(CCNc1cc(F)cc([N+](=O)[O-])c1)C(C)C. The summed E-state index contributed by atoms with van der Waals surface area (Å²) in [5.74, 6) is -0.605. The highest BCUT2D eigenvalue weighted by atomic mass is 19.1. The molecule has 0 fully saturated rings. The van der Waals surface area contributed by atoms with Gasteiger partial charge in [0.15, 0.2) is 0 Å². The van der Waals surface area contributed by atoms with Crippen molar-refractivity contribution in [3.63, 3.8) is 0 Å². The van der Waals surface area contributed by atoms with E-state index in [1.807, 2.05) is 0 Å². The fraction of sp³-hybridized carbons (Fsp3) is 0.571. The van der Waals surface area contributed by atoms with Gasteiger partial charge in [0.05, 0.1) is 11.0 Å². The standard InChI is InChI=1S/C14H22FN3O2/c1-10(2)17(11(3)4)6-5-16-13-7-12(15)8-14(9-13)18(19)20/h7-11,16H,5-6H2,1-4H3. The fourth-order valence-corrected chi connectivity index (χ4v) is 2.22. The first-order valence-corrected chi connectivity index (χ1v) is 6.76. The monoisotopic (exact) mass is 283 g/mol. The van der Waals surface area contributed by atoms with Crippen LogP contribution in [0.5, 0.6) is 0 Å². The van der Waals surface area contributed by atoms with Crippen molar-refractivity contribution < 1.29 is 9.31 Å². The zero-order chi connectivity index (χ0) is 15.3. The molecule has 0 aliphatic heterocycles. The molecule has 0 unspecified atom stereocenters. The lowest BCUT2D eigenvalue weighted by molar-refractivity contribution is -0.385. The Balaban J connectivity index is 2.64. The van der Waals surface area contributed by atoms with Crippen molar-refractivity contribution >= 4 is 11.4 Å². The molecule has 1 N–H and O–H groups in total. The number of rotatable bonds is 7. The maximum absolute atomic E-state index is 13.3. The van der Waals surface area contributed by atoms with E-state index in [1.165, 1.54) is 12.1 Å². The molecule has 0 bridgehead atoms. The zero-order valence-corrected chi connectivity index (χ0v) is 12.4. The third-order valence-electron chi connectivity index (χ3n) is 3.12. The molecule has 0 spiro atoms. The molecular weight excluding hydrogens is 261 g/mol. The smallest absolute Gasteiger partial charge is 0.274 e. The summed E-state index contributed by atoms with van der Waals surface area (Å²) in [4.78, 5) is 12.4. The Kier molecular flexibility index (Phi) is 5.88. The van der Waals surface area contributed by atoms with Crippen LogP contribution in [0.25, 0.3) is 0 Å². The molecule has 1 rings (SSSR count). The first-order chi connectivity index (χ1) is 9.31. The van der Waals surface area contributed by atoms with Gasteiger partial charge >= 0.3 is 0 Å². The van der Waals surface area contributed by atoms with E-state index in [9.17, 15) is 14.5 Å². The zero-order valence-electron chi connectivity index (χ0n) is 12.4. The van der Waals surface area contributed by atoms with Crippen LogP contribution in [0.15, 0.2) is 18.2 Å². The summed E-state index contributed by atoms with van der Waals surface area (Å²) >= 11 is 0. The molecule has 0 aromatic heterocycles.